The van der Waals surface area contributed by atoms with Gasteiger partial charge in [-0.25, -0.2) is 9.07 Å². The van der Waals surface area contributed by atoms with Crippen LogP contribution in [-0.4, -0.2) is 14.9 Å². The second-order valence-corrected chi connectivity index (χ2v) is 5.91. The van der Waals surface area contributed by atoms with Gasteiger partial charge < -0.3 is 5.11 Å². The molecule has 4 rings (SSSR count). The first kappa shape index (κ1) is 14.7. The number of hydrogen-bond donors (Lipinski definition) is 1. The predicted molar refractivity (Wildman–Crippen MR) is 93.1 cm³/mol. The Bertz CT molecular complexity index is 1020. The van der Waals surface area contributed by atoms with E-state index < -0.39 is 5.82 Å². The predicted octanol–water partition coefficient (Wildman–Crippen LogP) is 5.19. The van der Waals surface area contributed by atoms with Gasteiger partial charge in [0.25, 0.3) is 0 Å². The van der Waals surface area contributed by atoms with Crippen molar-refractivity contribution in [3.8, 4) is 22.6 Å². The van der Waals surface area contributed by atoms with Crippen LogP contribution >= 0.6 is 11.6 Å². The molecule has 0 spiro atoms. The quantitative estimate of drug-likeness (QED) is 0.546. The van der Waals surface area contributed by atoms with Crippen molar-refractivity contribution in [2.75, 3.05) is 0 Å². The Labute approximate surface area is 142 Å². The van der Waals surface area contributed by atoms with Gasteiger partial charge in [-0.3, -0.25) is 0 Å². The molecule has 0 saturated heterocycles. The average molecular weight is 339 g/mol. The van der Waals surface area contributed by atoms with Crippen LogP contribution in [0, 0.1) is 5.82 Å². The fraction of sp³-hybridized carbons (Fsp3) is 0. The minimum atomic E-state index is -0.653. The van der Waals surface area contributed by atoms with Crippen LogP contribution in [0.2, 0.25) is 5.02 Å². The highest BCUT2D eigenvalue weighted by atomic mass is 35.5. The van der Waals surface area contributed by atoms with E-state index in [9.17, 15) is 9.50 Å². The molecule has 0 radical (unpaired) electrons. The summed E-state index contributed by atoms with van der Waals surface area (Å²) in [5.41, 5.74) is 3.60. The molecule has 0 unspecified atom stereocenters. The monoisotopic (exact) mass is 338 g/mol. The maximum atomic E-state index is 13.4. The number of aromatic nitrogens is 2. The van der Waals surface area contributed by atoms with E-state index in [2.05, 4.69) is 5.10 Å². The van der Waals surface area contributed by atoms with Crippen LogP contribution in [0.3, 0.4) is 0 Å². The van der Waals surface area contributed by atoms with Crippen molar-refractivity contribution in [3.63, 3.8) is 0 Å². The van der Waals surface area contributed by atoms with Crippen molar-refractivity contribution in [1.29, 1.82) is 0 Å². The smallest absolute Gasteiger partial charge is 0.165 e. The standard InChI is InChI=1S/C19H12ClFN2O/c20-15-5-1-12(2-6-15)13-3-7-16(8-4-13)23-18-10-19(24)17(21)9-14(18)11-22-23/h1-11,24H. The second kappa shape index (κ2) is 5.65. The minimum Gasteiger partial charge on any atom is -0.505 e. The first-order chi connectivity index (χ1) is 11.6. The molecule has 24 heavy (non-hydrogen) atoms. The fourth-order valence-corrected chi connectivity index (χ4v) is 2.80. The SMILES string of the molecule is Oc1cc2c(cnn2-c2ccc(-c3ccc(Cl)cc3)cc2)cc1F. The molecule has 0 fully saturated rings. The Hall–Kier alpha value is -2.85. The molecular weight excluding hydrogens is 327 g/mol. The first-order valence-corrected chi connectivity index (χ1v) is 7.72. The van der Waals surface area contributed by atoms with Gasteiger partial charge in [-0.1, -0.05) is 35.9 Å². The van der Waals surface area contributed by atoms with Crippen LogP contribution in [0.4, 0.5) is 4.39 Å². The average Bonchev–Trinajstić information content (AvgIpc) is 2.99. The second-order valence-electron chi connectivity index (χ2n) is 5.47. The topological polar surface area (TPSA) is 38.1 Å². The molecule has 1 heterocycles. The zero-order chi connectivity index (χ0) is 16.7. The lowest BCUT2D eigenvalue weighted by Gasteiger charge is -2.07. The molecule has 3 nitrogen and oxygen atoms in total. The van der Waals surface area contributed by atoms with Crippen LogP contribution in [0.25, 0.3) is 27.7 Å². The van der Waals surface area contributed by atoms with Gasteiger partial charge in [0.15, 0.2) is 11.6 Å². The van der Waals surface area contributed by atoms with E-state index in [1.807, 2.05) is 48.5 Å². The van der Waals surface area contributed by atoms with Crippen molar-refractivity contribution in [2.45, 2.75) is 0 Å². The van der Waals surface area contributed by atoms with E-state index in [-0.39, 0.29) is 5.75 Å². The molecule has 0 aliphatic carbocycles. The van der Waals surface area contributed by atoms with Crippen molar-refractivity contribution in [3.05, 3.63) is 77.7 Å². The number of aromatic hydroxyl groups is 1. The third kappa shape index (κ3) is 2.51. The Morgan fingerprint density at radius 1 is 0.917 bits per heavy atom. The third-order valence-electron chi connectivity index (χ3n) is 3.93. The van der Waals surface area contributed by atoms with E-state index in [0.29, 0.717) is 15.9 Å². The van der Waals surface area contributed by atoms with Crippen LogP contribution in [0.1, 0.15) is 0 Å². The summed E-state index contributed by atoms with van der Waals surface area (Å²) in [5, 5.41) is 15.2. The molecule has 118 valence electrons. The van der Waals surface area contributed by atoms with Gasteiger partial charge in [0, 0.05) is 16.5 Å². The molecule has 1 N–H and O–H groups in total. The summed E-state index contributed by atoms with van der Waals surface area (Å²) in [7, 11) is 0. The van der Waals surface area contributed by atoms with Gasteiger partial charge in [0.2, 0.25) is 0 Å². The van der Waals surface area contributed by atoms with Crippen LogP contribution in [0.15, 0.2) is 66.9 Å². The van der Waals surface area contributed by atoms with Crippen LogP contribution in [-0.2, 0) is 0 Å². The highest BCUT2D eigenvalue weighted by Gasteiger charge is 2.10. The summed E-state index contributed by atoms with van der Waals surface area (Å²) < 4.78 is 15.1. The maximum absolute atomic E-state index is 13.4. The number of fused-ring (bicyclic) bond motifs is 1. The van der Waals surface area contributed by atoms with Crippen LogP contribution < -0.4 is 0 Å². The Morgan fingerprint density at radius 3 is 2.21 bits per heavy atom. The molecule has 3 aromatic carbocycles. The molecule has 0 atom stereocenters. The highest BCUT2D eigenvalue weighted by Crippen LogP contribution is 2.27. The van der Waals surface area contributed by atoms with Crippen molar-refractivity contribution >= 4 is 22.5 Å². The Kier molecular flexibility index (Phi) is 3.47. The zero-order valence-corrected chi connectivity index (χ0v) is 13.2. The van der Waals surface area contributed by atoms with Crippen LogP contribution in [0.5, 0.6) is 5.75 Å². The largest absolute Gasteiger partial charge is 0.505 e. The number of nitrogens with zero attached hydrogens (tertiary/aromatic N) is 2. The molecule has 0 amide bonds. The Morgan fingerprint density at radius 2 is 1.54 bits per heavy atom. The summed E-state index contributed by atoms with van der Waals surface area (Å²) in [6.07, 6.45) is 1.57. The number of phenols is 1. The van der Waals surface area contributed by atoms with Gasteiger partial charge in [-0.2, -0.15) is 5.10 Å². The van der Waals surface area contributed by atoms with Gasteiger partial charge >= 0.3 is 0 Å². The lowest BCUT2D eigenvalue weighted by atomic mass is 10.1. The molecule has 0 bridgehead atoms. The molecule has 0 aliphatic rings. The summed E-state index contributed by atoms with van der Waals surface area (Å²) in [6.45, 7) is 0. The van der Waals surface area contributed by atoms with E-state index in [1.54, 1.807) is 10.9 Å². The fourth-order valence-electron chi connectivity index (χ4n) is 2.68. The number of benzene rings is 3. The molecule has 5 heteroatoms. The van der Waals surface area contributed by atoms with E-state index >= 15 is 0 Å². The van der Waals surface area contributed by atoms with Gasteiger partial charge in [0.1, 0.15) is 0 Å². The van der Waals surface area contributed by atoms with Crippen molar-refractivity contribution < 1.29 is 9.50 Å². The highest BCUT2D eigenvalue weighted by molar-refractivity contribution is 6.30. The van der Waals surface area contributed by atoms with E-state index in [1.165, 1.54) is 12.1 Å². The number of halogens is 2. The summed E-state index contributed by atoms with van der Waals surface area (Å²) in [5.74, 6) is -1.04. The normalized spacial score (nSPS) is 11.1. The number of hydrogen-bond acceptors (Lipinski definition) is 2. The van der Waals surface area contributed by atoms with Crippen molar-refractivity contribution in [2.24, 2.45) is 0 Å². The van der Waals surface area contributed by atoms with Gasteiger partial charge in [-0.05, 0) is 41.5 Å². The molecule has 4 aromatic rings. The molecule has 1 aromatic heterocycles. The van der Waals surface area contributed by atoms with E-state index in [0.717, 1.165) is 16.8 Å². The van der Waals surface area contributed by atoms with Gasteiger partial charge in [-0.15, -0.1) is 0 Å². The molecule has 0 aliphatic heterocycles. The third-order valence-corrected chi connectivity index (χ3v) is 4.18. The molecular formula is C19H12ClFN2O. The minimum absolute atomic E-state index is 0.387. The lowest BCUT2D eigenvalue weighted by molar-refractivity contribution is 0.433. The molecule has 0 saturated carbocycles. The summed E-state index contributed by atoms with van der Waals surface area (Å²) in [4.78, 5) is 0. The lowest BCUT2D eigenvalue weighted by Crippen LogP contribution is -1.95. The maximum Gasteiger partial charge on any atom is 0.165 e. The first-order valence-electron chi connectivity index (χ1n) is 7.34. The van der Waals surface area contributed by atoms with Crippen molar-refractivity contribution in [1.82, 2.24) is 9.78 Å². The summed E-state index contributed by atoms with van der Waals surface area (Å²) >= 11 is 5.91. The van der Waals surface area contributed by atoms with Gasteiger partial charge in [0.05, 0.1) is 17.4 Å². The number of rotatable bonds is 2. The zero-order valence-electron chi connectivity index (χ0n) is 12.4. The summed E-state index contributed by atoms with van der Waals surface area (Å²) in [6, 6.07) is 18.1. The Balaban J connectivity index is 1.75. The number of phenolic OH excluding ortho intramolecular Hbond substituents is 1. The van der Waals surface area contributed by atoms with E-state index in [4.69, 9.17) is 11.6 Å².